The van der Waals surface area contributed by atoms with Crippen molar-refractivity contribution in [3.05, 3.63) is 45.5 Å². The third kappa shape index (κ3) is 2.51. The minimum Gasteiger partial charge on any atom is -0.334 e. The fraction of sp³-hybridized carbons (Fsp3) is 0.368. The quantitative estimate of drug-likeness (QED) is 0.726. The molecule has 2 aliphatic rings. The highest BCUT2D eigenvalue weighted by Gasteiger charge is 2.58. The van der Waals surface area contributed by atoms with E-state index in [0.29, 0.717) is 22.2 Å². The standard InChI is InChI=1S/C19H15Cl2N5/c1-26-6-5-11-13(7-22)18(25)19(9-23,10-24)16(14(11)8-26)12-3-2-4-15(20)17(12)21/h2-5,13-14,16,25H,6,8H2,1H3/p+1/t13?,14-,16-/m1/s1. The zero-order valence-electron chi connectivity index (χ0n) is 14.1. The van der Waals surface area contributed by atoms with Gasteiger partial charge in [-0.3, -0.25) is 0 Å². The molecule has 0 amide bonds. The van der Waals surface area contributed by atoms with Gasteiger partial charge in [0.15, 0.2) is 5.41 Å². The number of halogens is 2. The lowest BCUT2D eigenvalue weighted by Crippen LogP contribution is -3.10. The van der Waals surface area contributed by atoms with Gasteiger partial charge in [0.1, 0.15) is 5.92 Å². The first-order valence-electron chi connectivity index (χ1n) is 8.17. The average molecular weight is 385 g/mol. The van der Waals surface area contributed by atoms with Crippen molar-refractivity contribution >= 4 is 28.9 Å². The van der Waals surface area contributed by atoms with Crippen LogP contribution in [0.2, 0.25) is 10.0 Å². The molecule has 130 valence electrons. The van der Waals surface area contributed by atoms with E-state index in [2.05, 4.69) is 6.07 Å². The van der Waals surface area contributed by atoms with Gasteiger partial charge < -0.3 is 10.3 Å². The predicted molar refractivity (Wildman–Crippen MR) is 97.9 cm³/mol. The summed E-state index contributed by atoms with van der Waals surface area (Å²) in [6.07, 6.45) is 1.97. The first kappa shape index (κ1) is 18.4. The van der Waals surface area contributed by atoms with E-state index in [0.717, 1.165) is 12.1 Å². The van der Waals surface area contributed by atoms with Crippen LogP contribution < -0.4 is 4.90 Å². The van der Waals surface area contributed by atoms with Gasteiger partial charge in [0, 0.05) is 11.8 Å². The number of nitriles is 3. The Morgan fingerprint density at radius 1 is 1.23 bits per heavy atom. The van der Waals surface area contributed by atoms with E-state index in [1.54, 1.807) is 18.2 Å². The van der Waals surface area contributed by atoms with Crippen molar-refractivity contribution in [1.82, 2.24) is 0 Å². The van der Waals surface area contributed by atoms with Crippen LogP contribution in [0.15, 0.2) is 29.8 Å². The highest BCUT2D eigenvalue weighted by atomic mass is 35.5. The summed E-state index contributed by atoms with van der Waals surface area (Å²) in [6.45, 7) is 1.38. The molecule has 0 spiro atoms. The van der Waals surface area contributed by atoms with Crippen molar-refractivity contribution in [2.24, 2.45) is 17.3 Å². The second-order valence-electron chi connectivity index (χ2n) is 6.80. The molecule has 1 heterocycles. The first-order valence-corrected chi connectivity index (χ1v) is 8.93. The highest BCUT2D eigenvalue weighted by molar-refractivity contribution is 6.42. The van der Waals surface area contributed by atoms with Gasteiger partial charge in [-0.05, 0) is 23.3 Å². The Morgan fingerprint density at radius 3 is 2.54 bits per heavy atom. The van der Waals surface area contributed by atoms with Crippen molar-refractivity contribution in [1.29, 1.82) is 21.2 Å². The van der Waals surface area contributed by atoms with Gasteiger partial charge in [-0.2, -0.15) is 15.8 Å². The summed E-state index contributed by atoms with van der Waals surface area (Å²) >= 11 is 12.6. The molecule has 0 bridgehead atoms. The van der Waals surface area contributed by atoms with Gasteiger partial charge in [0.05, 0.1) is 54.1 Å². The molecule has 2 N–H and O–H groups in total. The molecule has 1 aromatic carbocycles. The van der Waals surface area contributed by atoms with Gasteiger partial charge in [0.2, 0.25) is 0 Å². The number of nitrogens with zero attached hydrogens (tertiary/aromatic N) is 3. The number of quaternary nitrogens is 1. The summed E-state index contributed by atoms with van der Waals surface area (Å²) in [7, 11) is 2.02. The molecule has 26 heavy (non-hydrogen) atoms. The second kappa shape index (κ2) is 6.75. The summed E-state index contributed by atoms with van der Waals surface area (Å²) < 4.78 is 0. The van der Waals surface area contributed by atoms with Crippen LogP contribution in [0.4, 0.5) is 0 Å². The fourth-order valence-corrected chi connectivity index (χ4v) is 4.59. The second-order valence-corrected chi connectivity index (χ2v) is 7.59. The van der Waals surface area contributed by atoms with E-state index in [1.807, 2.05) is 25.3 Å². The zero-order chi connectivity index (χ0) is 19.1. The largest absolute Gasteiger partial charge is 0.334 e. The lowest BCUT2D eigenvalue weighted by atomic mass is 9.54. The van der Waals surface area contributed by atoms with Crippen molar-refractivity contribution < 1.29 is 4.90 Å². The Morgan fingerprint density at radius 2 is 1.92 bits per heavy atom. The molecule has 4 atom stereocenters. The molecule has 7 heteroatoms. The Balaban J connectivity index is 2.32. The van der Waals surface area contributed by atoms with E-state index in [1.165, 1.54) is 4.90 Å². The van der Waals surface area contributed by atoms with Crippen LogP contribution in [-0.2, 0) is 0 Å². The minimum atomic E-state index is -1.76. The average Bonchev–Trinajstić information content (AvgIpc) is 2.64. The number of likely N-dealkylation sites (N-methyl/N-ethyl adjacent to an activating group) is 1. The molecule has 5 nitrogen and oxygen atoms in total. The highest BCUT2D eigenvalue weighted by Crippen LogP contribution is 2.54. The minimum absolute atomic E-state index is 0.173. The predicted octanol–water partition coefficient (Wildman–Crippen LogP) is 2.35. The summed E-state index contributed by atoms with van der Waals surface area (Å²) in [5, 5.41) is 38.7. The van der Waals surface area contributed by atoms with Crippen molar-refractivity contribution in [3.8, 4) is 18.2 Å². The zero-order valence-corrected chi connectivity index (χ0v) is 15.6. The van der Waals surface area contributed by atoms with Crippen molar-refractivity contribution in [3.63, 3.8) is 0 Å². The van der Waals surface area contributed by atoms with Gasteiger partial charge in [-0.15, -0.1) is 0 Å². The third-order valence-electron chi connectivity index (χ3n) is 5.40. The molecule has 1 aliphatic carbocycles. The summed E-state index contributed by atoms with van der Waals surface area (Å²) in [6, 6.07) is 11.4. The number of hydrogen-bond acceptors (Lipinski definition) is 4. The van der Waals surface area contributed by atoms with Gasteiger partial charge >= 0.3 is 0 Å². The summed E-state index contributed by atoms with van der Waals surface area (Å²) in [5.41, 5.74) is -0.540. The maximum Gasteiger partial charge on any atom is 0.190 e. The SMILES string of the molecule is C[NH+]1CC=C2C(C#N)C(=N)C(C#N)(C#N)[C@H](c3cccc(Cl)c3Cl)[C@@H]2C1. The smallest absolute Gasteiger partial charge is 0.190 e. The van der Waals surface area contributed by atoms with Crippen LogP contribution in [0.3, 0.4) is 0 Å². The molecule has 0 aromatic heterocycles. The number of benzene rings is 1. The maximum absolute atomic E-state index is 9.95. The van der Waals surface area contributed by atoms with E-state index < -0.39 is 17.3 Å². The lowest BCUT2D eigenvalue weighted by Gasteiger charge is -2.46. The van der Waals surface area contributed by atoms with Crippen molar-refractivity contribution in [2.75, 3.05) is 20.1 Å². The van der Waals surface area contributed by atoms with Crippen LogP contribution in [-0.4, -0.2) is 25.8 Å². The molecule has 0 saturated heterocycles. The van der Waals surface area contributed by atoms with Gasteiger partial charge in [0.25, 0.3) is 0 Å². The summed E-state index contributed by atoms with van der Waals surface area (Å²) in [4.78, 5) is 1.21. The van der Waals surface area contributed by atoms with E-state index in [9.17, 15) is 15.8 Å². The van der Waals surface area contributed by atoms with Crippen LogP contribution >= 0.6 is 23.2 Å². The lowest BCUT2D eigenvalue weighted by molar-refractivity contribution is -0.878. The number of hydrogen-bond donors (Lipinski definition) is 2. The summed E-state index contributed by atoms with van der Waals surface area (Å²) in [5.74, 6) is -1.75. The molecule has 1 saturated carbocycles. The Hall–Kier alpha value is -2.36. The van der Waals surface area contributed by atoms with Gasteiger partial charge in [-0.1, -0.05) is 35.3 Å². The van der Waals surface area contributed by atoms with Gasteiger partial charge in [-0.25, -0.2) is 0 Å². The Labute approximate surface area is 162 Å². The van der Waals surface area contributed by atoms with E-state index in [-0.39, 0.29) is 11.6 Å². The monoisotopic (exact) mass is 384 g/mol. The number of fused-ring (bicyclic) bond motifs is 1. The third-order valence-corrected chi connectivity index (χ3v) is 6.23. The molecule has 2 unspecified atom stereocenters. The van der Waals surface area contributed by atoms with E-state index in [4.69, 9.17) is 28.6 Å². The maximum atomic E-state index is 9.95. The van der Waals surface area contributed by atoms with Crippen LogP contribution in [0, 0.1) is 56.7 Å². The molecular weight excluding hydrogens is 369 g/mol. The molecule has 1 fully saturated rings. The number of rotatable bonds is 1. The molecule has 1 aliphatic heterocycles. The molecule has 3 rings (SSSR count). The fourth-order valence-electron chi connectivity index (χ4n) is 4.16. The number of nitrogens with one attached hydrogen (secondary N) is 2. The first-order chi connectivity index (χ1) is 12.4. The van der Waals surface area contributed by atoms with Crippen LogP contribution in [0.1, 0.15) is 11.5 Å². The topological polar surface area (TPSA) is 99.7 Å². The Kier molecular flexibility index (Phi) is 4.78. The molecule has 0 radical (unpaired) electrons. The Bertz CT molecular complexity index is 917. The molecular formula is C19H16Cl2N5+. The van der Waals surface area contributed by atoms with Crippen LogP contribution in [0.25, 0.3) is 0 Å². The molecule has 1 aromatic rings. The van der Waals surface area contributed by atoms with E-state index >= 15 is 0 Å². The normalized spacial score (nSPS) is 29.5. The van der Waals surface area contributed by atoms with Crippen LogP contribution in [0.5, 0.6) is 0 Å². The van der Waals surface area contributed by atoms with Crippen molar-refractivity contribution in [2.45, 2.75) is 5.92 Å².